The van der Waals surface area contributed by atoms with Crippen LogP contribution in [0.5, 0.6) is 5.88 Å². The maximum atomic E-state index is 13.8. The summed E-state index contributed by atoms with van der Waals surface area (Å²) in [7, 11) is 0. The van der Waals surface area contributed by atoms with E-state index in [4.69, 9.17) is 4.98 Å². The summed E-state index contributed by atoms with van der Waals surface area (Å²) < 4.78 is 2.48. The Morgan fingerprint density at radius 2 is 1.95 bits per heavy atom. The average Bonchev–Trinajstić information content (AvgIpc) is 3.43. The van der Waals surface area contributed by atoms with Crippen LogP contribution in [0, 0.1) is 0 Å². The van der Waals surface area contributed by atoms with E-state index in [1.54, 1.807) is 28.0 Å². The van der Waals surface area contributed by atoms with E-state index in [2.05, 4.69) is 31.1 Å². The zero-order valence-electron chi connectivity index (χ0n) is 19.4. The number of hydrogen-bond acceptors (Lipinski definition) is 7. The fourth-order valence-electron chi connectivity index (χ4n) is 4.58. The van der Waals surface area contributed by atoms with Gasteiger partial charge in [0.15, 0.2) is 10.8 Å². The molecule has 3 aromatic heterocycles. The Labute approximate surface area is 227 Å². The molecular weight excluding hydrogens is 574 g/mol. The van der Waals surface area contributed by atoms with E-state index in [0.29, 0.717) is 32.0 Å². The van der Waals surface area contributed by atoms with Crippen LogP contribution in [0.25, 0.3) is 26.8 Å². The van der Waals surface area contributed by atoms with E-state index in [1.807, 2.05) is 36.4 Å². The summed E-state index contributed by atoms with van der Waals surface area (Å²) in [6.07, 6.45) is 4.04. The minimum Gasteiger partial charge on any atom is -0.493 e. The second-order valence-electron chi connectivity index (χ2n) is 8.65. The van der Waals surface area contributed by atoms with Gasteiger partial charge < -0.3 is 10.1 Å². The van der Waals surface area contributed by atoms with Gasteiger partial charge in [0.2, 0.25) is 5.88 Å². The van der Waals surface area contributed by atoms with Crippen molar-refractivity contribution in [3.05, 3.63) is 73.8 Å². The lowest BCUT2D eigenvalue weighted by Crippen LogP contribution is -2.22. The molecule has 0 saturated carbocycles. The second-order valence-corrected chi connectivity index (χ2v) is 11.6. The molecule has 8 nitrogen and oxygen atoms in total. The number of para-hydroxylation sites is 1. The molecule has 0 saturated heterocycles. The molecule has 0 bridgehead atoms. The lowest BCUT2D eigenvalue weighted by molar-refractivity contribution is -0.115. The van der Waals surface area contributed by atoms with Crippen molar-refractivity contribution < 1.29 is 9.90 Å². The molecule has 37 heavy (non-hydrogen) atoms. The monoisotopic (exact) mass is 593 g/mol. The highest BCUT2D eigenvalue weighted by atomic mass is 79.9. The number of aromatic nitrogens is 3. The quantitative estimate of drug-likeness (QED) is 0.134. The standard InChI is InChI=1S/C26H20BrN5O3S2/c27-14-9-11-15(12-10-14)32-25(35)21-17-6-2-4-8-19(17)37-24(21)29-26(32)36-13-20(33)30-31-22-16-5-1-3-7-18(16)28-23(22)34/h1,3,5,7,9-12,28,34H,2,4,6,8,13H2. The van der Waals surface area contributed by atoms with Crippen LogP contribution < -0.4 is 5.56 Å². The zero-order valence-corrected chi connectivity index (χ0v) is 22.6. The minimum atomic E-state index is -0.503. The van der Waals surface area contributed by atoms with Crippen LogP contribution in [0.1, 0.15) is 23.3 Å². The first-order valence-electron chi connectivity index (χ1n) is 11.7. The van der Waals surface area contributed by atoms with Crippen LogP contribution in [0.2, 0.25) is 0 Å². The van der Waals surface area contributed by atoms with Gasteiger partial charge in [-0.25, -0.2) is 4.98 Å². The Kier molecular flexibility index (Phi) is 6.43. The van der Waals surface area contributed by atoms with Crippen molar-refractivity contribution in [2.45, 2.75) is 30.8 Å². The average molecular weight is 595 g/mol. The number of nitrogens with zero attached hydrogens (tertiary/aromatic N) is 4. The Morgan fingerprint density at radius 3 is 2.78 bits per heavy atom. The van der Waals surface area contributed by atoms with E-state index < -0.39 is 5.91 Å². The number of halogens is 1. The predicted octanol–water partition coefficient (Wildman–Crippen LogP) is 6.68. The summed E-state index contributed by atoms with van der Waals surface area (Å²) in [5.74, 6) is -0.716. The van der Waals surface area contributed by atoms with E-state index in [0.717, 1.165) is 47.5 Å². The normalized spacial score (nSPS) is 13.5. The largest absolute Gasteiger partial charge is 0.493 e. The molecule has 1 amide bonds. The first-order chi connectivity index (χ1) is 18.0. The molecule has 5 aromatic rings. The van der Waals surface area contributed by atoms with Crippen molar-refractivity contribution >= 4 is 71.7 Å². The highest BCUT2D eigenvalue weighted by Gasteiger charge is 2.23. The predicted molar refractivity (Wildman–Crippen MR) is 150 cm³/mol. The molecule has 0 fully saturated rings. The lowest BCUT2D eigenvalue weighted by atomic mass is 9.97. The fourth-order valence-corrected chi connectivity index (χ4v) is 6.93. The van der Waals surface area contributed by atoms with Gasteiger partial charge >= 0.3 is 0 Å². The molecule has 1 aliphatic carbocycles. The van der Waals surface area contributed by atoms with Gasteiger partial charge in [0.1, 0.15) is 4.83 Å². The molecule has 6 rings (SSSR count). The van der Waals surface area contributed by atoms with E-state index >= 15 is 0 Å². The zero-order chi connectivity index (χ0) is 25.5. The van der Waals surface area contributed by atoms with E-state index in [1.165, 1.54) is 4.88 Å². The van der Waals surface area contributed by atoms with Gasteiger partial charge in [-0.2, -0.15) is 0 Å². The molecule has 0 atom stereocenters. The van der Waals surface area contributed by atoms with Crippen LogP contribution in [-0.2, 0) is 17.6 Å². The van der Waals surface area contributed by atoms with Crippen molar-refractivity contribution in [1.82, 2.24) is 14.5 Å². The highest BCUT2D eigenvalue weighted by molar-refractivity contribution is 9.10. The van der Waals surface area contributed by atoms with Crippen LogP contribution in [-0.4, -0.2) is 31.3 Å². The van der Waals surface area contributed by atoms with Gasteiger partial charge in [-0.15, -0.1) is 21.6 Å². The summed E-state index contributed by atoms with van der Waals surface area (Å²) in [5.41, 5.74) is 2.59. The number of H-pyrrole nitrogens is 1. The third-order valence-electron chi connectivity index (χ3n) is 6.29. The number of hydrogen-bond donors (Lipinski definition) is 2. The number of aromatic hydroxyl groups is 1. The molecular formula is C26H20BrN5O3S2. The Morgan fingerprint density at radius 1 is 1.16 bits per heavy atom. The maximum absolute atomic E-state index is 13.8. The number of carbonyl (C=O) groups excluding carboxylic acids is 1. The summed E-state index contributed by atoms with van der Waals surface area (Å²) in [6, 6.07) is 14.7. The van der Waals surface area contributed by atoms with Crippen molar-refractivity contribution in [1.29, 1.82) is 0 Å². The van der Waals surface area contributed by atoms with Crippen LogP contribution in [0.15, 0.2) is 73.2 Å². The molecule has 11 heteroatoms. The molecule has 2 N–H and O–H groups in total. The Balaban J connectivity index is 1.34. The molecule has 0 radical (unpaired) electrons. The van der Waals surface area contributed by atoms with Gasteiger partial charge in [-0.3, -0.25) is 14.2 Å². The molecule has 1 aliphatic rings. The summed E-state index contributed by atoms with van der Waals surface area (Å²) in [4.78, 5) is 36.1. The molecule has 0 aliphatic heterocycles. The Hall–Kier alpha value is -3.28. The number of aromatic amines is 1. The smallest absolute Gasteiger partial charge is 0.275 e. The number of amides is 1. The van der Waals surface area contributed by atoms with Gasteiger partial charge in [0.05, 0.1) is 22.3 Å². The first-order valence-corrected chi connectivity index (χ1v) is 14.3. The van der Waals surface area contributed by atoms with E-state index in [9.17, 15) is 14.7 Å². The number of thiophene rings is 1. The minimum absolute atomic E-state index is 0.0633. The number of azo groups is 1. The fraction of sp³-hybridized carbons (Fsp3) is 0.192. The summed E-state index contributed by atoms with van der Waals surface area (Å²) in [6.45, 7) is 0. The highest BCUT2D eigenvalue weighted by Crippen LogP contribution is 2.36. The van der Waals surface area contributed by atoms with Crippen molar-refractivity contribution in [2.75, 3.05) is 5.75 Å². The van der Waals surface area contributed by atoms with E-state index in [-0.39, 0.29) is 22.9 Å². The number of aryl methyl sites for hydroxylation is 2. The molecule has 0 spiro atoms. The number of fused-ring (bicyclic) bond motifs is 4. The van der Waals surface area contributed by atoms with Gasteiger partial charge in [0, 0.05) is 14.7 Å². The third-order valence-corrected chi connectivity index (χ3v) is 8.93. The summed E-state index contributed by atoms with van der Waals surface area (Å²) in [5, 5.41) is 19.8. The maximum Gasteiger partial charge on any atom is 0.275 e. The summed E-state index contributed by atoms with van der Waals surface area (Å²) >= 11 is 6.17. The van der Waals surface area contributed by atoms with Gasteiger partial charge in [0.25, 0.3) is 11.5 Å². The Bertz CT molecular complexity index is 1750. The molecule has 2 aromatic carbocycles. The van der Waals surface area contributed by atoms with Gasteiger partial charge in [-0.1, -0.05) is 45.9 Å². The first kappa shape index (κ1) is 24.1. The molecule has 186 valence electrons. The van der Waals surface area contributed by atoms with Crippen molar-refractivity contribution in [2.24, 2.45) is 10.2 Å². The second kappa shape index (κ2) is 9.88. The number of benzene rings is 2. The topological polar surface area (TPSA) is 113 Å². The van der Waals surface area contributed by atoms with Gasteiger partial charge in [-0.05, 0) is 61.6 Å². The SMILES string of the molecule is O=C(CSc1nc2sc3c(c2c(=O)n1-c1ccc(Br)cc1)CCCC3)N=Nc1c(O)[nH]c2ccccc12. The number of rotatable bonds is 5. The van der Waals surface area contributed by atoms with Crippen molar-refractivity contribution in [3.8, 4) is 11.6 Å². The lowest BCUT2D eigenvalue weighted by Gasteiger charge is -2.13. The number of carbonyl (C=O) groups is 1. The number of thioether (sulfide) groups is 1. The molecule has 0 unspecified atom stereocenters. The van der Waals surface area contributed by atoms with Crippen molar-refractivity contribution in [3.63, 3.8) is 0 Å². The number of nitrogens with one attached hydrogen (secondary N) is 1. The third kappa shape index (κ3) is 4.51. The van der Waals surface area contributed by atoms with Crippen LogP contribution >= 0.6 is 39.0 Å². The molecule has 3 heterocycles. The van der Waals surface area contributed by atoms with Crippen LogP contribution in [0.4, 0.5) is 5.69 Å². The van der Waals surface area contributed by atoms with Crippen LogP contribution in [0.3, 0.4) is 0 Å².